The highest BCUT2D eigenvalue weighted by Gasteiger charge is 2.28. The molecule has 1 N–H and O–H groups in total. The number of ether oxygens (including phenoxy) is 2. The molecule has 1 heterocycles. The van der Waals surface area contributed by atoms with E-state index in [1.807, 2.05) is 31.2 Å². The van der Waals surface area contributed by atoms with Crippen molar-refractivity contribution in [3.63, 3.8) is 0 Å². The Bertz CT molecular complexity index is 482. The van der Waals surface area contributed by atoms with Crippen molar-refractivity contribution in [1.29, 1.82) is 0 Å². The van der Waals surface area contributed by atoms with Crippen LogP contribution >= 0.6 is 0 Å². The molecule has 2 fully saturated rings. The van der Waals surface area contributed by atoms with E-state index < -0.39 is 0 Å². The molecule has 0 bridgehead atoms. The maximum absolute atomic E-state index is 6.06. The molecule has 114 valence electrons. The summed E-state index contributed by atoms with van der Waals surface area (Å²) in [6, 6.07) is 8.91. The van der Waals surface area contributed by atoms with Gasteiger partial charge in [-0.3, -0.25) is 0 Å². The molecule has 3 heteroatoms. The molecule has 21 heavy (non-hydrogen) atoms. The summed E-state index contributed by atoms with van der Waals surface area (Å²) in [4.78, 5) is 0. The number of allylic oxidation sites excluding steroid dienone is 1. The van der Waals surface area contributed by atoms with E-state index in [-0.39, 0.29) is 6.10 Å². The largest absolute Gasteiger partial charge is 0.490 e. The topological polar surface area (TPSA) is 30.5 Å². The summed E-state index contributed by atoms with van der Waals surface area (Å²) in [5, 5.41) is 3.54. The van der Waals surface area contributed by atoms with Crippen molar-refractivity contribution in [1.82, 2.24) is 5.32 Å². The van der Waals surface area contributed by atoms with E-state index in [0.717, 1.165) is 36.7 Å². The van der Waals surface area contributed by atoms with Gasteiger partial charge in [-0.15, -0.1) is 0 Å². The fraction of sp³-hybridized carbons (Fsp3) is 0.556. The Labute approximate surface area is 127 Å². The lowest BCUT2D eigenvalue weighted by atomic mass is 10.2. The van der Waals surface area contributed by atoms with Crippen molar-refractivity contribution in [3.8, 4) is 5.75 Å². The number of rotatable bonds is 7. The van der Waals surface area contributed by atoms with Crippen LogP contribution in [-0.4, -0.2) is 31.4 Å². The molecule has 0 aromatic heterocycles. The Morgan fingerprint density at radius 1 is 1.19 bits per heavy atom. The molecule has 1 aliphatic carbocycles. The van der Waals surface area contributed by atoms with E-state index in [4.69, 9.17) is 9.47 Å². The van der Waals surface area contributed by atoms with Gasteiger partial charge in [-0.1, -0.05) is 30.4 Å². The molecule has 3 rings (SSSR count). The predicted molar refractivity (Wildman–Crippen MR) is 85.6 cm³/mol. The predicted octanol–water partition coefficient (Wildman–Crippen LogP) is 3.40. The fourth-order valence-electron chi connectivity index (χ4n) is 2.75. The summed E-state index contributed by atoms with van der Waals surface area (Å²) in [7, 11) is 0. The molecule has 0 radical (unpaired) electrons. The molecule has 0 amide bonds. The van der Waals surface area contributed by atoms with Crippen LogP contribution in [0, 0.1) is 0 Å². The third kappa shape index (κ3) is 4.32. The first-order valence-corrected chi connectivity index (χ1v) is 8.08. The fourth-order valence-corrected chi connectivity index (χ4v) is 2.75. The van der Waals surface area contributed by atoms with Crippen LogP contribution in [0.2, 0.25) is 0 Å². The minimum absolute atomic E-state index is 0.231. The lowest BCUT2D eigenvalue weighted by Crippen LogP contribution is -2.29. The second kappa shape index (κ2) is 7.10. The van der Waals surface area contributed by atoms with Crippen LogP contribution in [0.1, 0.15) is 38.2 Å². The maximum Gasteiger partial charge on any atom is 0.126 e. The van der Waals surface area contributed by atoms with Crippen molar-refractivity contribution < 1.29 is 9.47 Å². The molecule has 0 spiro atoms. The Balaban J connectivity index is 1.45. The lowest BCUT2D eigenvalue weighted by Gasteiger charge is -2.16. The minimum atomic E-state index is 0.231. The van der Waals surface area contributed by atoms with E-state index >= 15 is 0 Å². The highest BCUT2D eigenvalue weighted by molar-refractivity contribution is 5.56. The number of nitrogens with one attached hydrogen (secondary N) is 1. The molecule has 1 aromatic rings. The monoisotopic (exact) mass is 287 g/mol. The molecule has 3 nitrogen and oxygen atoms in total. The average molecular weight is 287 g/mol. The van der Waals surface area contributed by atoms with Gasteiger partial charge >= 0.3 is 0 Å². The van der Waals surface area contributed by atoms with Crippen LogP contribution in [0.15, 0.2) is 30.3 Å². The Kier molecular flexibility index (Phi) is 4.94. The third-order valence-corrected chi connectivity index (χ3v) is 4.10. The van der Waals surface area contributed by atoms with Gasteiger partial charge in [0.1, 0.15) is 12.4 Å². The zero-order valence-corrected chi connectivity index (χ0v) is 12.8. The van der Waals surface area contributed by atoms with Gasteiger partial charge < -0.3 is 14.8 Å². The van der Waals surface area contributed by atoms with E-state index in [1.165, 1.54) is 12.8 Å². The minimum Gasteiger partial charge on any atom is -0.490 e. The Morgan fingerprint density at radius 3 is 2.81 bits per heavy atom. The maximum atomic E-state index is 6.06. The molecule has 1 aliphatic heterocycles. The third-order valence-electron chi connectivity index (χ3n) is 4.10. The van der Waals surface area contributed by atoms with Gasteiger partial charge in [0.25, 0.3) is 0 Å². The quantitative estimate of drug-likeness (QED) is 0.834. The van der Waals surface area contributed by atoms with Gasteiger partial charge in [-0.2, -0.15) is 0 Å². The second-order valence-electron chi connectivity index (χ2n) is 5.99. The van der Waals surface area contributed by atoms with Gasteiger partial charge in [0, 0.05) is 18.2 Å². The first-order chi connectivity index (χ1) is 10.3. The lowest BCUT2D eigenvalue weighted by molar-refractivity contribution is 0.0184. The van der Waals surface area contributed by atoms with Crippen molar-refractivity contribution in [2.24, 2.45) is 0 Å². The zero-order chi connectivity index (χ0) is 14.5. The molecule has 1 saturated heterocycles. The van der Waals surface area contributed by atoms with Gasteiger partial charge in [0.2, 0.25) is 0 Å². The second-order valence-corrected chi connectivity index (χ2v) is 5.99. The molecule has 1 saturated carbocycles. The van der Waals surface area contributed by atoms with Crippen LogP contribution in [0.5, 0.6) is 5.75 Å². The number of benzene rings is 1. The van der Waals surface area contributed by atoms with Crippen LogP contribution < -0.4 is 10.1 Å². The van der Waals surface area contributed by atoms with Crippen molar-refractivity contribution in [3.05, 3.63) is 35.9 Å². The van der Waals surface area contributed by atoms with Gasteiger partial charge in [-0.25, -0.2) is 0 Å². The smallest absolute Gasteiger partial charge is 0.126 e. The summed E-state index contributed by atoms with van der Waals surface area (Å²) in [5.74, 6) is 0.943. The highest BCUT2D eigenvalue weighted by Crippen LogP contribution is 2.24. The van der Waals surface area contributed by atoms with E-state index in [1.54, 1.807) is 0 Å². The normalized spacial score (nSPS) is 25.6. The van der Waals surface area contributed by atoms with Crippen LogP contribution in [-0.2, 0) is 4.74 Å². The summed E-state index contributed by atoms with van der Waals surface area (Å²) >= 11 is 0. The van der Waals surface area contributed by atoms with Gasteiger partial charge in [0.15, 0.2) is 0 Å². The summed E-state index contributed by atoms with van der Waals surface area (Å²) in [5.41, 5.74) is 1.13. The van der Waals surface area contributed by atoms with Crippen molar-refractivity contribution in [2.45, 2.75) is 50.9 Å². The van der Waals surface area contributed by atoms with Crippen molar-refractivity contribution in [2.75, 3.05) is 13.2 Å². The molecular formula is C18H25NO2. The van der Waals surface area contributed by atoms with Crippen LogP contribution in [0.3, 0.4) is 0 Å². The van der Waals surface area contributed by atoms with E-state index in [9.17, 15) is 0 Å². The van der Waals surface area contributed by atoms with Crippen molar-refractivity contribution >= 4 is 6.08 Å². The van der Waals surface area contributed by atoms with Crippen LogP contribution in [0.4, 0.5) is 0 Å². The highest BCUT2D eigenvalue weighted by atomic mass is 16.5. The van der Waals surface area contributed by atoms with E-state index in [2.05, 4.69) is 17.5 Å². The molecule has 1 aromatic carbocycles. The molecular weight excluding hydrogens is 262 g/mol. The number of para-hydroxylation sites is 1. The first-order valence-electron chi connectivity index (χ1n) is 8.08. The summed E-state index contributed by atoms with van der Waals surface area (Å²) < 4.78 is 12.0. The first kappa shape index (κ1) is 14.6. The van der Waals surface area contributed by atoms with E-state index in [0.29, 0.717) is 12.7 Å². The van der Waals surface area contributed by atoms with Gasteiger partial charge in [0.05, 0.1) is 12.2 Å². The SMILES string of the molecule is CC=Cc1ccccc1OCC1CCC(CNC2CC2)O1. The van der Waals surface area contributed by atoms with Gasteiger partial charge in [-0.05, 0) is 38.7 Å². The molecule has 2 aliphatic rings. The molecule has 2 unspecified atom stereocenters. The van der Waals surface area contributed by atoms with Crippen LogP contribution in [0.25, 0.3) is 6.08 Å². The number of hydrogen-bond acceptors (Lipinski definition) is 3. The summed E-state index contributed by atoms with van der Waals surface area (Å²) in [6.07, 6.45) is 9.62. The Hall–Kier alpha value is -1.32. The summed E-state index contributed by atoms with van der Waals surface area (Å²) in [6.45, 7) is 3.67. The zero-order valence-electron chi connectivity index (χ0n) is 12.8. The standard InChI is InChI=1S/C18H25NO2/c1-2-5-14-6-3-4-7-18(14)20-13-17-11-10-16(21-17)12-19-15-8-9-15/h2-7,15-17,19H,8-13H2,1H3. The Morgan fingerprint density at radius 2 is 2.00 bits per heavy atom. The molecule has 2 atom stereocenters. The number of hydrogen-bond donors (Lipinski definition) is 1. The average Bonchev–Trinajstić information content (AvgIpc) is 3.23.